The SMILES string of the molecule is COc1ccc2c(c1)[C@@](C)(CCN(C)C)C(C)=CC2. The lowest BCUT2D eigenvalue weighted by Gasteiger charge is -2.37. The van der Waals surface area contributed by atoms with Crippen LogP contribution in [-0.4, -0.2) is 32.6 Å². The largest absolute Gasteiger partial charge is 0.497 e. The summed E-state index contributed by atoms with van der Waals surface area (Å²) in [6, 6.07) is 6.51. The predicted octanol–water partition coefficient (Wildman–Crippen LogP) is 3.41. The summed E-state index contributed by atoms with van der Waals surface area (Å²) < 4.78 is 5.40. The normalized spacial score (nSPS) is 22.1. The van der Waals surface area contributed by atoms with Gasteiger partial charge in [0.1, 0.15) is 5.75 Å². The first-order valence-electron chi connectivity index (χ1n) is 6.97. The standard InChI is InChI=1S/C17H25NO/c1-13-6-7-14-8-9-15(19-5)12-16(14)17(13,2)10-11-18(3)4/h6,8-9,12H,7,10-11H2,1-5H3/t17-/m0/s1. The minimum absolute atomic E-state index is 0.131. The van der Waals surface area contributed by atoms with Gasteiger partial charge in [-0.2, -0.15) is 0 Å². The highest BCUT2D eigenvalue weighted by Gasteiger charge is 2.33. The molecule has 0 radical (unpaired) electrons. The fourth-order valence-corrected chi connectivity index (χ4v) is 2.85. The summed E-state index contributed by atoms with van der Waals surface area (Å²) in [6.07, 6.45) is 4.57. The van der Waals surface area contributed by atoms with E-state index < -0.39 is 0 Å². The highest BCUT2D eigenvalue weighted by Crippen LogP contribution is 2.42. The molecule has 0 unspecified atom stereocenters. The van der Waals surface area contributed by atoms with Crippen LogP contribution in [0.3, 0.4) is 0 Å². The van der Waals surface area contributed by atoms with E-state index in [1.165, 1.54) is 16.7 Å². The van der Waals surface area contributed by atoms with Crippen LogP contribution in [0.2, 0.25) is 0 Å². The van der Waals surface area contributed by atoms with Crippen LogP contribution in [0.1, 0.15) is 31.4 Å². The summed E-state index contributed by atoms with van der Waals surface area (Å²) >= 11 is 0. The molecule has 2 nitrogen and oxygen atoms in total. The second-order valence-electron chi connectivity index (χ2n) is 6.00. The van der Waals surface area contributed by atoms with Gasteiger partial charge < -0.3 is 9.64 Å². The highest BCUT2D eigenvalue weighted by molar-refractivity contribution is 5.49. The lowest BCUT2D eigenvalue weighted by Crippen LogP contribution is -2.32. The molecule has 0 saturated heterocycles. The van der Waals surface area contributed by atoms with E-state index in [0.717, 1.165) is 25.1 Å². The summed E-state index contributed by atoms with van der Waals surface area (Å²) in [5.41, 5.74) is 4.49. The first-order chi connectivity index (χ1) is 8.97. The number of benzene rings is 1. The third-order valence-electron chi connectivity index (χ3n) is 4.47. The van der Waals surface area contributed by atoms with Gasteiger partial charge in [-0.1, -0.05) is 24.6 Å². The van der Waals surface area contributed by atoms with Gasteiger partial charge in [0.25, 0.3) is 0 Å². The molecule has 2 rings (SSSR count). The van der Waals surface area contributed by atoms with E-state index in [2.05, 4.69) is 57.1 Å². The van der Waals surface area contributed by atoms with E-state index in [0.29, 0.717) is 0 Å². The summed E-state index contributed by atoms with van der Waals surface area (Å²) in [5, 5.41) is 0. The van der Waals surface area contributed by atoms with Crippen LogP contribution in [0.25, 0.3) is 0 Å². The molecule has 0 aliphatic heterocycles. The Balaban J connectivity index is 2.41. The molecule has 2 heteroatoms. The number of nitrogens with zero attached hydrogens (tertiary/aromatic N) is 1. The van der Waals surface area contributed by atoms with Gasteiger partial charge in [0.05, 0.1) is 7.11 Å². The van der Waals surface area contributed by atoms with Crippen molar-refractivity contribution in [3.05, 3.63) is 41.0 Å². The van der Waals surface area contributed by atoms with Gasteiger partial charge in [-0.3, -0.25) is 0 Å². The minimum atomic E-state index is 0.131. The molecule has 0 fully saturated rings. The van der Waals surface area contributed by atoms with Crippen LogP contribution in [0.15, 0.2) is 29.8 Å². The summed E-state index contributed by atoms with van der Waals surface area (Å²) in [4.78, 5) is 2.26. The van der Waals surface area contributed by atoms with Crippen molar-refractivity contribution in [2.24, 2.45) is 0 Å². The number of hydrogen-bond donors (Lipinski definition) is 0. The van der Waals surface area contributed by atoms with Gasteiger partial charge in [0, 0.05) is 5.41 Å². The van der Waals surface area contributed by atoms with Crippen molar-refractivity contribution in [3.8, 4) is 5.75 Å². The number of fused-ring (bicyclic) bond motifs is 1. The Kier molecular flexibility index (Phi) is 4.00. The summed E-state index contributed by atoms with van der Waals surface area (Å²) in [6.45, 7) is 5.72. The van der Waals surface area contributed by atoms with Crippen molar-refractivity contribution in [3.63, 3.8) is 0 Å². The number of hydrogen-bond acceptors (Lipinski definition) is 2. The Hall–Kier alpha value is -1.28. The molecule has 104 valence electrons. The van der Waals surface area contributed by atoms with E-state index >= 15 is 0 Å². The van der Waals surface area contributed by atoms with Crippen molar-refractivity contribution in [1.82, 2.24) is 4.90 Å². The van der Waals surface area contributed by atoms with Crippen LogP contribution < -0.4 is 4.74 Å². The molecule has 0 bridgehead atoms. The second kappa shape index (κ2) is 5.38. The zero-order valence-electron chi connectivity index (χ0n) is 12.8. The van der Waals surface area contributed by atoms with Gasteiger partial charge >= 0.3 is 0 Å². The van der Waals surface area contributed by atoms with Crippen LogP contribution in [0.4, 0.5) is 0 Å². The topological polar surface area (TPSA) is 12.5 Å². The van der Waals surface area contributed by atoms with E-state index in [1.807, 2.05) is 0 Å². The van der Waals surface area contributed by atoms with E-state index in [-0.39, 0.29) is 5.41 Å². The van der Waals surface area contributed by atoms with Crippen molar-refractivity contribution < 1.29 is 4.74 Å². The molecule has 0 heterocycles. The Bertz CT molecular complexity index is 490. The maximum atomic E-state index is 5.40. The molecule has 0 spiro atoms. The van der Waals surface area contributed by atoms with Crippen molar-refractivity contribution in [2.75, 3.05) is 27.7 Å². The van der Waals surface area contributed by atoms with Crippen LogP contribution in [0, 0.1) is 0 Å². The molecule has 1 aliphatic carbocycles. The molecule has 19 heavy (non-hydrogen) atoms. The molecule has 0 saturated carbocycles. The van der Waals surface area contributed by atoms with Gasteiger partial charge in [0.15, 0.2) is 0 Å². The monoisotopic (exact) mass is 259 g/mol. The summed E-state index contributed by atoms with van der Waals surface area (Å²) in [7, 11) is 6.01. The Morgan fingerprint density at radius 1 is 1.32 bits per heavy atom. The molecule has 1 atom stereocenters. The predicted molar refractivity (Wildman–Crippen MR) is 81.0 cm³/mol. The first-order valence-corrected chi connectivity index (χ1v) is 6.97. The fourth-order valence-electron chi connectivity index (χ4n) is 2.85. The van der Waals surface area contributed by atoms with E-state index in [9.17, 15) is 0 Å². The zero-order chi connectivity index (χ0) is 14.0. The second-order valence-corrected chi connectivity index (χ2v) is 6.00. The lowest BCUT2D eigenvalue weighted by molar-refractivity contribution is 0.348. The van der Waals surface area contributed by atoms with Crippen LogP contribution >= 0.6 is 0 Å². The third-order valence-corrected chi connectivity index (χ3v) is 4.47. The number of allylic oxidation sites excluding steroid dienone is 2. The Labute approximate surface area is 117 Å². The zero-order valence-corrected chi connectivity index (χ0v) is 12.8. The van der Waals surface area contributed by atoms with Crippen LogP contribution in [0.5, 0.6) is 5.75 Å². The van der Waals surface area contributed by atoms with Crippen molar-refractivity contribution >= 4 is 0 Å². The maximum absolute atomic E-state index is 5.40. The smallest absolute Gasteiger partial charge is 0.119 e. The van der Waals surface area contributed by atoms with Crippen molar-refractivity contribution in [2.45, 2.75) is 32.1 Å². The van der Waals surface area contributed by atoms with Gasteiger partial charge in [-0.05, 0) is 63.7 Å². The molecule has 1 aromatic carbocycles. The number of ether oxygens (including phenoxy) is 1. The highest BCUT2D eigenvalue weighted by atomic mass is 16.5. The number of methoxy groups -OCH3 is 1. The van der Waals surface area contributed by atoms with Gasteiger partial charge in [0.2, 0.25) is 0 Å². The lowest BCUT2D eigenvalue weighted by atomic mass is 9.68. The molecular formula is C17H25NO. The fraction of sp³-hybridized carbons (Fsp3) is 0.529. The average molecular weight is 259 g/mol. The molecule has 0 N–H and O–H groups in total. The molecule has 0 aromatic heterocycles. The minimum Gasteiger partial charge on any atom is -0.497 e. The molecular weight excluding hydrogens is 234 g/mol. The number of rotatable bonds is 4. The van der Waals surface area contributed by atoms with Gasteiger partial charge in [-0.15, -0.1) is 0 Å². The first kappa shape index (κ1) is 14.1. The van der Waals surface area contributed by atoms with Crippen molar-refractivity contribution in [1.29, 1.82) is 0 Å². The third kappa shape index (κ3) is 2.69. The summed E-state index contributed by atoms with van der Waals surface area (Å²) in [5.74, 6) is 0.963. The quantitative estimate of drug-likeness (QED) is 0.768. The van der Waals surface area contributed by atoms with Crippen LogP contribution in [-0.2, 0) is 11.8 Å². The molecule has 1 aromatic rings. The molecule has 1 aliphatic rings. The van der Waals surface area contributed by atoms with E-state index in [4.69, 9.17) is 4.74 Å². The average Bonchev–Trinajstić information content (AvgIpc) is 2.41. The Morgan fingerprint density at radius 2 is 2.05 bits per heavy atom. The molecule has 0 amide bonds. The van der Waals surface area contributed by atoms with Gasteiger partial charge in [-0.25, -0.2) is 0 Å². The maximum Gasteiger partial charge on any atom is 0.119 e. The van der Waals surface area contributed by atoms with E-state index in [1.54, 1.807) is 7.11 Å². The Morgan fingerprint density at radius 3 is 2.68 bits per heavy atom.